The van der Waals surface area contributed by atoms with Crippen LogP contribution in [0.2, 0.25) is 0 Å². The fourth-order valence-corrected chi connectivity index (χ4v) is 2.82. The monoisotopic (exact) mass is 253 g/mol. The molecule has 1 aromatic heterocycles. The minimum Gasteiger partial charge on any atom is -0.325 e. The van der Waals surface area contributed by atoms with Crippen LogP contribution < -0.4 is 5.73 Å². The van der Waals surface area contributed by atoms with Gasteiger partial charge >= 0.3 is 0 Å². The first kappa shape index (κ1) is 14.5. The van der Waals surface area contributed by atoms with Crippen LogP contribution >= 0.6 is 11.8 Å². The number of nitrogens with two attached hydrogens (primary N) is 1. The Balaban J connectivity index is 2.68. The molecule has 0 bridgehead atoms. The predicted octanol–water partition coefficient (Wildman–Crippen LogP) is 2.11. The van der Waals surface area contributed by atoms with Gasteiger partial charge < -0.3 is 5.73 Å². The second-order valence-electron chi connectivity index (χ2n) is 4.25. The summed E-state index contributed by atoms with van der Waals surface area (Å²) in [6.07, 6.45) is 5.15. The summed E-state index contributed by atoms with van der Waals surface area (Å²) in [5.41, 5.74) is 7.97. The number of thioether (sulfide) groups is 1. The van der Waals surface area contributed by atoms with Gasteiger partial charge in [-0.15, -0.1) is 0 Å². The van der Waals surface area contributed by atoms with E-state index in [0.717, 1.165) is 12.2 Å². The van der Waals surface area contributed by atoms with Crippen molar-refractivity contribution in [1.29, 1.82) is 0 Å². The summed E-state index contributed by atoms with van der Waals surface area (Å²) >= 11 is 1.90. The standard InChI is InChI=1S/C13H23N3S/c1-4-12(10-17-3)16(2)9-11-6-5-7-15-13(11)8-14/h5-7,12H,4,8-10,14H2,1-3H3. The van der Waals surface area contributed by atoms with Crippen molar-refractivity contribution in [1.82, 2.24) is 9.88 Å². The van der Waals surface area contributed by atoms with Gasteiger partial charge in [-0.3, -0.25) is 9.88 Å². The van der Waals surface area contributed by atoms with Gasteiger partial charge in [-0.2, -0.15) is 11.8 Å². The molecule has 0 aromatic carbocycles. The molecule has 1 atom stereocenters. The summed E-state index contributed by atoms with van der Waals surface area (Å²) < 4.78 is 0. The molecule has 0 amide bonds. The molecule has 17 heavy (non-hydrogen) atoms. The average molecular weight is 253 g/mol. The second-order valence-corrected chi connectivity index (χ2v) is 5.16. The van der Waals surface area contributed by atoms with E-state index in [2.05, 4.69) is 36.2 Å². The number of pyridine rings is 1. The first-order valence-electron chi connectivity index (χ1n) is 6.04. The van der Waals surface area contributed by atoms with Crippen molar-refractivity contribution >= 4 is 11.8 Å². The lowest BCUT2D eigenvalue weighted by molar-refractivity contribution is 0.247. The summed E-state index contributed by atoms with van der Waals surface area (Å²) in [4.78, 5) is 6.72. The van der Waals surface area contributed by atoms with Gasteiger partial charge in [-0.05, 0) is 31.4 Å². The van der Waals surface area contributed by atoms with E-state index in [-0.39, 0.29) is 0 Å². The van der Waals surface area contributed by atoms with Crippen molar-refractivity contribution in [2.45, 2.75) is 32.5 Å². The summed E-state index contributed by atoms with van der Waals surface area (Å²) in [6, 6.07) is 4.73. The van der Waals surface area contributed by atoms with E-state index in [1.54, 1.807) is 0 Å². The molecule has 0 spiro atoms. The normalized spacial score (nSPS) is 13.0. The van der Waals surface area contributed by atoms with Crippen LogP contribution in [0, 0.1) is 0 Å². The molecule has 0 fully saturated rings. The number of rotatable bonds is 7. The van der Waals surface area contributed by atoms with E-state index in [9.17, 15) is 0 Å². The van der Waals surface area contributed by atoms with Crippen molar-refractivity contribution in [3.63, 3.8) is 0 Å². The van der Waals surface area contributed by atoms with E-state index in [0.29, 0.717) is 12.6 Å². The highest BCUT2D eigenvalue weighted by atomic mass is 32.2. The fourth-order valence-electron chi connectivity index (χ4n) is 1.95. The number of hydrogen-bond donors (Lipinski definition) is 1. The zero-order valence-electron chi connectivity index (χ0n) is 11.0. The van der Waals surface area contributed by atoms with Gasteiger partial charge in [0.05, 0.1) is 5.69 Å². The summed E-state index contributed by atoms with van der Waals surface area (Å²) in [5.74, 6) is 1.17. The van der Waals surface area contributed by atoms with Crippen LogP contribution in [0.4, 0.5) is 0 Å². The lowest BCUT2D eigenvalue weighted by atomic mass is 10.1. The van der Waals surface area contributed by atoms with Gasteiger partial charge in [0.15, 0.2) is 0 Å². The van der Waals surface area contributed by atoms with Gasteiger partial charge in [0.2, 0.25) is 0 Å². The van der Waals surface area contributed by atoms with Crippen LogP contribution in [-0.2, 0) is 13.1 Å². The Morgan fingerprint density at radius 3 is 2.88 bits per heavy atom. The molecule has 1 aromatic rings. The molecule has 1 rings (SSSR count). The van der Waals surface area contributed by atoms with Gasteiger partial charge in [-0.1, -0.05) is 13.0 Å². The summed E-state index contributed by atoms with van der Waals surface area (Å²) in [6.45, 7) is 3.69. The zero-order valence-corrected chi connectivity index (χ0v) is 11.8. The molecular formula is C13H23N3S. The molecule has 0 aliphatic heterocycles. The minimum atomic E-state index is 0.517. The predicted molar refractivity (Wildman–Crippen MR) is 76.1 cm³/mol. The quantitative estimate of drug-likeness (QED) is 0.808. The topological polar surface area (TPSA) is 42.2 Å². The van der Waals surface area contributed by atoms with E-state index < -0.39 is 0 Å². The second kappa shape index (κ2) is 7.69. The largest absolute Gasteiger partial charge is 0.325 e. The van der Waals surface area contributed by atoms with Crippen LogP contribution in [0.15, 0.2) is 18.3 Å². The lowest BCUT2D eigenvalue weighted by Crippen LogP contribution is -2.33. The summed E-state index contributed by atoms with van der Waals surface area (Å²) in [7, 11) is 2.18. The Labute approximate surface area is 109 Å². The molecule has 0 saturated carbocycles. The highest BCUT2D eigenvalue weighted by Crippen LogP contribution is 2.14. The van der Waals surface area contributed by atoms with Crippen molar-refractivity contribution in [2.75, 3.05) is 19.1 Å². The third-order valence-corrected chi connectivity index (χ3v) is 3.77. The third kappa shape index (κ3) is 4.30. The molecule has 4 heteroatoms. The van der Waals surface area contributed by atoms with Crippen molar-refractivity contribution < 1.29 is 0 Å². The van der Waals surface area contributed by atoms with E-state index in [1.807, 2.05) is 24.0 Å². The molecule has 2 N–H and O–H groups in total. The van der Waals surface area contributed by atoms with E-state index in [1.165, 1.54) is 17.7 Å². The first-order valence-corrected chi connectivity index (χ1v) is 7.44. The highest BCUT2D eigenvalue weighted by Gasteiger charge is 2.13. The molecule has 0 aliphatic carbocycles. The Morgan fingerprint density at radius 2 is 2.29 bits per heavy atom. The van der Waals surface area contributed by atoms with Gasteiger partial charge in [0, 0.05) is 31.1 Å². The molecule has 0 saturated heterocycles. The van der Waals surface area contributed by atoms with Crippen LogP contribution in [0.3, 0.4) is 0 Å². The fraction of sp³-hybridized carbons (Fsp3) is 0.615. The molecule has 1 heterocycles. The highest BCUT2D eigenvalue weighted by molar-refractivity contribution is 7.98. The Morgan fingerprint density at radius 1 is 1.53 bits per heavy atom. The Hall–Kier alpha value is -0.580. The molecular weight excluding hydrogens is 230 g/mol. The third-order valence-electron chi connectivity index (χ3n) is 3.05. The maximum Gasteiger partial charge on any atom is 0.0584 e. The van der Waals surface area contributed by atoms with Crippen molar-refractivity contribution in [3.05, 3.63) is 29.6 Å². The molecule has 3 nitrogen and oxygen atoms in total. The number of nitrogens with zero attached hydrogens (tertiary/aromatic N) is 2. The van der Waals surface area contributed by atoms with Crippen LogP contribution in [0.25, 0.3) is 0 Å². The van der Waals surface area contributed by atoms with Gasteiger partial charge in [0.25, 0.3) is 0 Å². The van der Waals surface area contributed by atoms with Crippen LogP contribution in [-0.4, -0.2) is 35.0 Å². The number of aromatic nitrogens is 1. The maximum absolute atomic E-state index is 5.71. The molecule has 0 radical (unpaired) electrons. The SMILES string of the molecule is CCC(CSC)N(C)Cc1cccnc1CN. The molecule has 0 aliphatic rings. The Bertz CT molecular complexity index is 330. The van der Waals surface area contributed by atoms with Gasteiger partial charge in [-0.25, -0.2) is 0 Å². The smallest absolute Gasteiger partial charge is 0.0584 e. The van der Waals surface area contributed by atoms with E-state index in [4.69, 9.17) is 5.73 Å². The molecule has 96 valence electrons. The van der Waals surface area contributed by atoms with Crippen molar-refractivity contribution in [3.8, 4) is 0 Å². The minimum absolute atomic E-state index is 0.517. The van der Waals surface area contributed by atoms with Gasteiger partial charge in [0.1, 0.15) is 0 Å². The molecule has 1 unspecified atom stereocenters. The summed E-state index contributed by atoms with van der Waals surface area (Å²) in [5, 5.41) is 0. The van der Waals surface area contributed by atoms with Crippen LogP contribution in [0.5, 0.6) is 0 Å². The van der Waals surface area contributed by atoms with Crippen LogP contribution in [0.1, 0.15) is 24.6 Å². The lowest BCUT2D eigenvalue weighted by Gasteiger charge is -2.27. The first-order chi connectivity index (χ1) is 8.22. The van der Waals surface area contributed by atoms with Crippen molar-refractivity contribution in [2.24, 2.45) is 5.73 Å². The number of hydrogen-bond acceptors (Lipinski definition) is 4. The Kier molecular flexibility index (Phi) is 6.55. The maximum atomic E-state index is 5.71. The zero-order chi connectivity index (χ0) is 12.7. The van der Waals surface area contributed by atoms with E-state index >= 15 is 0 Å². The average Bonchev–Trinajstić information content (AvgIpc) is 2.36.